The standard InChI is InChI=1S/C17H24N6O/c1-12(2)8-14-9-15(22-21-14)17(24)20-13-4-3-7-23(11-13)16-10-18-5-6-19-16/h5-6,9-10,12-13H,3-4,7-8,11H2,1-2H3,(H,20,24)(H,21,22)/t13-/m1/s1. The van der Waals surface area contributed by atoms with Crippen LogP contribution in [0.2, 0.25) is 0 Å². The zero-order valence-corrected chi connectivity index (χ0v) is 14.2. The number of rotatable bonds is 5. The van der Waals surface area contributed by atoms with Gasteiger partial charge in [-0.3, -0.25) is 14.9 Å². The van der Waals surface area contributed by atoms with E-state index >= 15 is 0 Å². The first-order chi connectivity index (χ1) is 11.6. The van der Waals surface area contributed by atoms with Crippen LogP contribution in [0.5, 0.6) is 0 Å². The molecule has 0 aromatic carbocycles. The molecule has 128 valence electrons. The summed E-state index contributed by atoms with van der Waals surface area (Å²) in [4.78, 5) is 23.0. The van der Waals surface area contributed by atoms with E-state index in [4.69, 9.17) is 0 Å². The van der Waals surface area contributed by atoms with E-state index in [9.17, 15) is 4.79 Å². The lowest BCUT2D eigenvalue weighted by Crippen LogP contribution is -2.48. The largest absolute Gasteiger partial charge is 0.353 e. The van der Waals surface area contributed by atoms with Gasteiger partial charge in [0, 0.05) is 37.2 Å². The van der Waals surface area contributed by atoms with Gasteiger partial charge in [0.25, 0.3) is 5.91 Å². The molecule has 1 aliphatic heterocycles. The van der Waals surface area contributed by atoms with Crippen LogP contribution in [0.1, 0.15) is 42.9 Å². The van der Waals surface area contributed by atoms with Gasteiger partial charge >= 0.3 is 0 Å². The van der Waals surface area contributed by atoms with Crippen LogP contribution >= 0.6 is 0 Å². The molecule has 0 bridgehead atoms. The van der Waals surface area contributed by atoms with Gasteiger partial charge in [-0.2, -0.15) is 5.10 Å². The average molecular weight is 328 g/mol. The van der Waals surface area contributed by atoms with Crippen molar-refractivity contribution in [2.24, 2.45) is 5.92 Å². The lowest BCUT2D eigenvalue weighted by molar-refractivity contribution is 0.0928. The molecule has 0 spiro atoms. The topological polar surface area (TPSA) is 86.8 Å². The van der Waals surface area contributed by atoms with Gasteiger partial charge in [-0.05, 0) is 31.2 Å². The number of amides is 1. The Labute approximate surface area is 141 Å². The quantitative estimate of drug-likeness (QED) is 0.874. The van der Waals surface area contributed by atoms with E-state index in [0.717, 1.165) is 43.9 Å². The zero-order valence-electron chi connectivity index (χ0n) is 14.2. The number of nitrogens with zero attached hydrogens (tertiary/aromatic N) is 4. The second-order valence-electron chi connectivity index (χ2n) is 6.70. The molecular weight excluding hydrogens is 304 g/mol. The Morgan fingerprint density at radius 3 is 3.08 bits per heavy atom. The lowest BCUT2D eigenvalue weighted by atomic mass is 10.1. The summed E-state index contributed by atoms with van der Waals surface area (Å²) in [5.41, 5.74) is 1.46. The molecule has 1 fully saturated rings. The summed E-state index contributed by atoms with van der Waals surface area (Å²) in [6.45, 7) is 5.97. The summed E-state index contributed by atoms with van der Waals surface area (Å²) >= 11 is 0. The number of carbonyl (C=O) groups excluding carboxylic acids is 1. The highest BCUT2D eigenvalue weighted by molar-refractivity contribution is 5.92. The van der Waals surface area contributed by atoms with E-state index in [-0.39, 0.29) is 11.9 Å². The van der Waals surface area contributed by atoms with E-state index < -0.39 is 0 Å². The molecule has 2 N–H and O–H groups in total. The molecule has 1 aliphatic rings. The van der Waals surface area contributed by atoms with Gasteiger partial charge in [-0.15, -0.1) is 0 Å². The number of piperidine rings is 1. The highest BCUT2D eigenvalue weighted by Crippen LogP contribution is 2.17. The van der Waals surface area contributed by atoms with Gasteiger partial charge in [0.05, 0.1) is 6.20 Å². The normalized spacial score (nSPS) is 18.0. The predicted molar refractivity (Wildman–Crippen MR) is 91.9 cm³/mol. The summed E-state index contributed by atoms with van der Waals surface area (Å²) in [6.07, 6.45) is 7.99. The molecule has 1 amide bonds. The third-order valence-electron chi connectivity index (χ3n) is 4.12. The number of aromatic nitrogens is 4. The van der Waals surface area contributed by atoms with Crippen LogP contribution in [-0.4, -0.2) is 45.2 Å². The minimum Gasteiger partial charge on any atom is -0.353 e. The van der Waals surface area contributed by atoms with Crippen molar-refractivity contribution in [2.75, 3.05) is 18.0 Å². The maximum atomic E-state index is 12.4. The van der Waals surface area contributed by atoms with Gasteiger partial charge in [-0.25, -0.2) is 4.98 Å². The summed E-state index contributed by atoms with van der Waals surface area (Å²) in [7, 11) is 0. The van der Waals surface area contributed by atoms with Gasteiger partial charge < -0.3 is 10.2 Å². The third-order valence-corrected chi connectivity index (χ3v) is 4.12. The van der Waals surface area contributed by atoms with Crippen LogP contribution in [0.15, 0.2) is 24.7 Å². The molecule has 0 saturated carbocycles. The van der Waals surface area contributed by atoms with Crippen LogP contribution in [-0.2, 0) is 6.42 Å². The van der Waals surface area contributed by atoms with Gasteiger partial charge in [0.15, 0.2) is 0 Å². The fourth-order valence-corrected chi connectivity index (χ4v) is 3.04. The summed E-state index contributed by atoms with van der Waals surface area (Å²) in [5.74, 6) is 1.27. The summed E-state index contributed by atoms with van der Waals surface area (Å²) in [5, 5.41) is 10.2. The number of nitrogens with one attached hydrogen (secondary N) is 2. The molecule has 2 aromatic heterocycles. The van der Waals surface area contributed by atoms with E-state index in [1.807, 2.05) is 6.07 Å². The molecule has 1 saturated heterocycles. The lowest BCUT2D eigenvalue weighted by Gasteiger charge is -2.33. The molecule has 24 heavy (non-hydrogen) atoms. The number of hydrogen-bond donors (Lipinski definition) is 2. The van der Waals surface area contributed by atoms with Crippen LogP contribution < -0.4 is 10.2 Å². The van der Waals surface area contributed by atoms with Crippen LogP contribution in [0, 0.1) is 5.92 Å². The van der Waals surface area contributed by atoms with Crippen molar-refractivity contribution in [3.8, 4) is 0 Å². The van der Waals surface area contributed by atoms with Crippen molar-refractivity contribution in [2.45, 2.75) is 39.2 Å². The van der Waals surface area contributed by atoms with Crippen molar-refractivity contribution in [1.82, 2.24) is 25.5 Å². The minimum atomic E-state index is -0.118. The smallest absolute Gasteiger partial charge is 0.272 e. The van der Waals surface area contributed by atoms with Gasteiger partial charge in [0.1, 0.15) is 11.5 Å². The molecule has 2 aromatic rings. The zero-order chi connectivity index (χ0) is 16.9. The number of hydrogen-bond acceptors (Lipinski definition) is 5. The minimum absolute atomic E-state index is 0.0958. The Hall–Kier alpha value is -2.44. The Morgan fingerprint density at radius 2 is 2.33 bits per heavy atom. The predicted octanol–water partition coefficient (Wildman–Crippen LogP) is 1.80. The number of carbonyl (C=O) groups is 1. The van der Waals surface area contributed by atoms with E-state index in [0.29, 0.717) is 11.6 Å². The first-order valence-electron chi connectivity index (χ1n) is 8.48. The first-order valence-corrected chi connectivity index (χ1v) is 8.48. The van der Waals surface area contributed by atoms with Crippen molar-refractivity contribution < 1.29 is 4.79 Å². The molecule has 1 atom stereocenters. The monoisotopic (exact) mass is 328 g/mol. The second kappa shape index (κ2) is 7.42. The molecular formula is C17H24N6O. The van der Waals surface area contributed by atoms with Crippen LogP contribution in [0.3, 0.4) is 0 Å². The van der Waals surface area contributed by atoms with Crippen molar-refractivity contribution >= 4 is 11.7 Å². The van der Waals surface area contributed by atoms with Gasteiger partial charge in [0.2, 0.25) is 0 Å². The molecule has 7 nitrogen and oxygen atoms in total. The van der Waals surface area contributed by atoms with Gasteiger partial charge in [-0.1, -0.05) is 13.8 Å². The molecule has 7 heteroatoms. The SMILES string of the molecule is CC(C)Cc1cc(C(=O)N[C@@H]2CCCN(c3cnccn3)C2)n[nH]1. The van der Waals surface area contributed by atoms with Crippen LogP contribution in [0.4, 0.5) is 5.82 Å². The van der Waals surface area contributed by atoms with Crippen molar-refractivity contribution in [1.29, 1.82) is 0 Å². The van der Waals surface area contributed by atoms with E-state index in [1.165, 1.54) is 0 Å². The average Bonchev–Trinajstić information content (AvgIpc) is 3.04. The molecule has 0 unspecified atom stereocenters. The maximum Gasteiger partial charge on any atom is 0.272 e. The highest BCUT2D eigenvalue weighted by atomic mass is 16.2. The Kier molecular flexibility index (Phi) is 5.08. The summed E-state index contributed by atoms with van der Waals surface area (Å²) < 4.78 is 0. The molecule has 3 heterocycles. The Bertz CT molecular complexity index is 669. The fraction of sp³-hybridized carbons (Fsp3) is 0.529. The highest BCUT2D eigenvalue weighted by Gasteiger charge is 2.23. The Balaban J connectivity index is 1.59. The maximum absolute atomic E-state index is 12.4. The second-order valence-corrected chi connectivity index (χ2v) is 6.70. The number of anilines is 1. The number of H-pyrrole nitrogens is 1. The van der Waals surface area contributed by atoms with Crippen molar-refractivity contribution in [3.05, 3.63) is 36.0 Å². The van der Waals surface area contributed by atoms with Crippen molar-refractivity contribution in [3.63, 3.8) is 0 Å². The molecule has 3 rings (SSSR count). The van der Waals surface area contributed by atoms with Crippen LogP contribution in [0.25, 0.3) is 0 Å². The Morgan fingerprint density at radius 1 is 1.46 bits per heavy atom. The molecule has 0 aliphatic carbocycles. The molecule has 0 radical (unpaired) electrons. The van der Waals surface area contributed by atoms with E-state index in [2.05, 4.69) is 44.2 Å². The fourth-order valence-electron chi connectivity index (χ4n) is 3.04. The number of aromatic amines is 1. The first kappa shape index (κ1) is 16.4. The van der Waals surface area contributed by atoms with E-state index in [1.54, 1.807) is 18.6 Å². The third kappa shape index (κ3) is 4.10. The summed E-state index contributed by atoms with van der Waals surface area (Å²) in [6, 6.07) is 1.94.